The molecule has 198 valence electrons. The third kappa shape index (κ3) is 4.05. The average molecular weight is 530 g/mol. The van der Waals surface area contributed by atoms with Gasteiger partial charge in [-0.25, -0.2) is 4.79 Å². The number of carbonyl (C=O) groups is 2. The molecule has 6 aliphatic rings. The molecule has 8 rings (SSSR count). The van der Waals surface area contributed by atoms with E-state index in [0.717, 1.165) is 66.1 Å². The summed E-state index contributed by atoms with van der Waals surface area (Å²) < 4.78 is 0. The average Bonchev–Trinajstić information content (AvgIpc) is 2.96. The minimum absolute atomic E-state index is 0.0918. The van der Waals surface area contributed by atoms with Gasteiger partial charge in [0.2, 0.25) is 0 Å². The lowest BCUT2D eigenvalue weighted by molar-refractivity contribution is -0.118. The SMILES string of the molecule is CC1(C)CC(=O)C2=C(C1)Nc1ccccc1N(C(=O)NC13CC4CC(CC(C4)C1)C3)[C@H]2c1cccc(Cl)c1. The molecule has 2 amide bonds. The highest BCUT2D eigenvalue weighted by Gasteiger charge is 2.53. The van der Waals surface area contributed by atoms with Gasteiger partial charge in [0.25, 0.3) is 0 Å². The maximum absolute atomic E-state index is 14.6. The van der Waals surface area contributed by atoms with Gasteiger partial charge in [0.15, 0.2) is 5.78 Å². The fourth-order valence-corrected chi connectivity index (χ4v) is 8.95. The van der Waals surface area contributed by atoms with Gasteiger partial charge < -0.3 is 10.6 Å². The molecule has 0 saturated heterocycles. The van der Waals surface area contributed by atoms with Gasteiger partial charge in [-0.2, -0.15) is 0 Å². The minimum Gasteiger partial charge on any atom is -0.357 e. The number of nitrogens with zero attached hydrogens (tertiary/aromatic N) is 1. The number of amides is 2. The number of ketones is 1. The summed E-state index contributed by atoms with van der Waals surface area (Å²) in [6.45, 7) is 4.28. The molecule has 2 N–H and O–H groups in total. The highest BCUT2D eigenvalue weighted by molar-refractivity contribution is 6.30. The molecule has 0 unspecified atom stereocenters. The molecular formula is C32H36ClN3O2. The zero-order valence-electron chi connectivity index (χ0n) is 22.2. The standard InChI is InChI=1S/C32H36ClN3O2/c1-31(2)17-25-28(27(37)18-31)29(22-6-5-7-23(33)13-22)36(26-9-4-3-8-24(26)34-25)30(38)35-32-14-19-10-20(15-32)12-21(11-19)16-32/h3-9,13,19-21,29,34H,10-12,14-18H2,1-2H3,(H,35,38)/t19?,20?,21?,29-,32?/m0/s1. The van der Waals surface area contributed by atoms with Crippen LogP contribution in [0.25, 0.3) is 0 Å². The van der Waals surface area contributed by atoms with E-state index >= 15 is 0 Å². The Labute approximate surface area is 230 Å². The van der Waals surface area contributed by atoms with Gasteiger partial charge in [0, 0.05) is 28.3 Å². The summed E-state index contributed by atoms with van der Waals surface area (Å²) in [5.74, 6) is 2.26. The van der Waals surface area contributed by atoms with Crippen LogP contribution < -0.4 is 15.5 Å². The zero-order valence-corrected chi connectivity index (χ0v) is 23.0. The van der Waals surface area contributed by atoms with Crippen LogP contribution >= 0.6 is 11.6 Å². The molecule has 0 radical (unpaired) electrons. The van der Waals surface area contributed by atoms with Crippen molar-refractivity contribution >= 4 is 34.8 Å². The number of halogens is 1. The first-order valence-corrected chi connectivity index (χ1v) is 14.6. The van der Waals surface area contributed by atoms with Gasteiger partial charge in [-0.1, -0.05) is 49.7 Å². The molecule has 0 aromatic heterocycles. The van der Waals surface area contributed by atoms with Gasteiger partial charge in [-0.3, -0.25) is 9.69 Å². The fraction of sp³-hybridized carbons (Fsp3) is 0.500. The van der Waals surface area contributed by atoms with Crippen LogP contribution in [0.1, 0.15) is 76.8 Å². The first kappa shape index (κ1) is 24.3. The molecule has 1 aliphatic heterocycles. The second kappa shape index (κ2) is 8.61. The van der Waals surface area contributed by atoms with Crippen molar-refractivity contribution in [1.29, 1.82) is 0 Å². The van der Waals surface area contributed by atoms with Gasteiger partial charge in [-0.15, -0.1) is 0 Å². The molecule has 38 heavy (non-hydrogen) atoms. The summed E-state index contributed by atoms with van der Waals surface area (Å²) in [7, 11) is 0. The van der Waals surface area contributed by atoms with Crippen LogP contribution in [0.5, 0.6) is 0 Å². The lowest BCUT2D eigenvalue weighted by Crippen LogP contribution is -2.62. The van der Waals surface area contributed by atoms with Crippen LogP contribution in [0.2, 0.25) is 5.02 Å². The molecule has 4 bridgehead atoms. The Bertz CT molecular complexity index is 1330. The Morgan fingerprint density at radius 2 is 1.66 bits per heavy atom. The van der Waals surface area contributed by atoms with Crippen LogP contribution in [0.15, 0.2) is 59.8 Å². The van der Waals surface area contributed by atoms with E-state index in [0.29, 0.717) is 17.0 Å². The molecule has 1 atom stereocenters. The van der Waals surface area contributed by atoms with Gasteiger partial charge >= 0.3 is 6.03 Å². The number of fused-ring (bicyclic) bond motifs is 1. The Balaban J connectivity index is 1.37. The number of para-hydroxylation sites is 2. The summed E-state index contributed by atoms with van der Waals surface area (Å²) in [5, 5.41) is 7.80. The number of rotatable bonds is 2. The lowest BCUT2D eigenvalue weighted by atomic mass is 9.53. The van der Waals surface area contributed by atoms with E-state index < -0.39 is 6.04 Å². The summed E-state index contributed by atoms with van der Waals surface area (Å²) in [4.78, 5) is 30.4. The number of allylic oxidation sites excluding steroid dienone is 1. The Morgan fingerprint density at radius 3 is 2.34 bits per heavy atom. The summed E-state index contributed by atoms with van der Waals surface area (Å²) >= 11 is 6.50. The Hall–Kier alpha value is -2.79. The van der Waals surface area contributed by atoms with Gasteiger partial charge in [0.1, 0.15) is 0 Å². The molecule has 0 spiro atoms. The first-order valence-electron chi connectivity index (χ1n) is 14.2. The minimum atomic E-state index is -0.558. The predicted octanol–water partition coefficient (Wildman–Crippen LogP) is 7.63. The number of nitrogens with one attached hydrogen (secondary N) is 2. The van der Waals surface area contributed by atoms with E-state index in [-0.39, 0.29) is 22.8 Å². The molecule has 4 fully saturated rings. The maximum Gasteiger partial charge on any atom is 0.323 e. The van der Waals surface area contributed by atoms with Crippen molar-refractivity contribution in [2.45, 2.75) is 76.8 Å². The van der Waals surface area contributed by atoms with Crippen molar-refractivity contribution in [2.75, 3.05) is 10.2 Å². The van der Waals surface area contributed by atoms with Crippen molar-refractivity contribution in [3.05, 3.63) is 70.4 Å². The summed E-state index contributed by atoms with van der Waals surface area (Å²) in [6, 6.07) is 14.9. The van der Waals surface area contributed by atoms with Crippen LogP contribution in [0, 0.1) is 23.2 Å². The highest BCUT2D eigenvalue weighted by Crippen LogP contribution is 2.56. The third-order valence-electron chi connectivity index (χ3n) is 9.69. The second-order valence-corrected chi connectivity index (χ2v) is 13.9. The van der Waals surface area contributed by atoms with Crippen LogP contribution in [0.4, 0.5) is 16.2 Å². The second-order valence-electron chi connectivity index (χ2n) is 13.4. The predicted molar refractivity (Wildman–Crippen MR) is 151 cm³/mol. The summed E-state index contributed by atoms with van der Waals surface area (Å²) in [6.07, 6.45) is 8.35. The molecular weight excluding hydrogens is 494 g/mol. The normalized spacial score (nSPS) is 32.8. The number of anilines is 2. The largest absolute Gasteiger partial charge is 0.357 e. The summed E-state index contributed by atoms with van der Waals surface area (Å²) in [5.41, 5.74) is 3.80. The van der Waals surface area contributed by atoms with E-state index in [2.05, 4.69) is 24.5 Å². The zero-order chi connectivity index (χ0) is 26.2. The number of benzene rings is 2. The number of hydrogen-bond acceptors (Lipinski definition) is 3. The smallest absolute Gasteiger partial charge is 0.323 e. The molecule has 6 heteroatoms. The molecule has 5 aliphatic carbocycles. The number of hydrogen-bond donors (Lipinski definition) is 2. The van der Waals surface area contributed by atoms with Crippen LogP contribution in [-0.4, -0.2) is 17.4 Å². The van der Waals surface area contributed by atoms with Crippen molar-refractivity contribution < 1.29 is 9.59 Å². The topological polar surface area (TPSA) is 61.4 Å². The monoisotopic (exact) mass is 529 g/mol. The Kier molecular flexibility index (Phi) is 5.50. The first-order chi connectivity index (χ1) is 18.2. The maximum atomic E-state index is 14.6. The van der Waals surface area contributed by atoms with E-state index in [9.17, 15) is 9.59 Å². The van der Waals surface area contributed by atoms with E-state index in [1.165, 1.54) is 19.3 Å². The quantitative estimate of drug-likeness (QED) is 0.420. The number of urea groups is 1. The van der Waals surface area contributed by atoms with Crippen LogP contribution in [-0.2, 0) is 4.79 Å². The fourth-order valence-electron chi connectivity index (χ4n) is 8.75. The molecule has 2 aromatic rings. The number of carbonyl (C=O) groups excluding carboxylic acids is 2. The third-order valence-corrected chi connectivity index (χ3v) is 9.93. The van der Waals surface area contributed by atoms with E-state index in [1.807, 2.05) is 53.4 Å². The van der Waals surface area contributed by atoms with Crippen molar-refractivity contribution in [2.24, 2.45) is 23.2 Å². The van der Waals surface area contributed by atoms with Crippen molar-refractivity contribution in [3.8, 4) is 0 Å². The van der Waals surface area contributed by atoms with Crippen LogP contribution in [0.3, 0.4) is 0 Å². The Morgan fingerprint density at radius 1 is 0.974 bits per heavy atom. The van der Waals surface area contributed by atoms with Gasteiger partial charge in [0.05, 0.1) is 17.4 Å². The molecule has 1 heterocycles. The molecule has 2 aromatic carbocycles. The molecule has 5 nitrogen and oxygen atoms in total. The lowest BCUT2D eigenvalue weighted by Gasteiger charge is -2.57. The van der Waals surface area contributed by atoms with Gasteiger partial charge in [-0.05, 0) is 97.9 Å². The van der Waals surface area contributed by atoms with Crippen molar-refractivity contribution in [3.63, 3.8) is 0 Å². The van der Waals surface area contributed by atoms with E-state index in [1.54, 1.807) is 0 Å². The van der Waals surface area contributed by atoms with E-state index in [4.69, 9.17) is 11.6 Å². The van der Waals surface area contributed by atoms with Crippen molar-refractivity contribution in [1.82, 2.24) is 5.32 Å². The molecule has 4 saturated carbocycles. The highest BCUT2D eigenvalue weighted by atomic mass is 35.5. The number of Topliss-reactive ketones (excluding diaryl/α,β-unsaturated/α-hetero) is 1.